The summed E-state index contributed by atoms with van der Waals surface area (Å²) in [5, 5.41) is 0. The zero-order valence-electron chi connectivity index (χ0n) is 20.1. The minimum atomic E-state index is -3.58. The molecule has 0 aliphatic rings. The lowest BCUT2D eigenvalue weighted by molar-refractivity contribution is 0.0794. The van der Waals surface area contributed by atoms with Gasteiger partial charge in [0, 0.05) is 13.1 Å². The van der Waals surface area contributed by atoms with Crippen molar-refractivity contribution in [2.45, 2.75) is 47.0 Å². The van der Waals surface area contributed by atoms with Gasteiger partial charge < -0.3 is 14.2 Å². The molecule has 0 atom stereocenters. The minimum Gasteiger partial charge on any atom is -0.497 e. The Morgan fingerprint density at radius 3 is 2.34 bits per heavy atom. The van der Waals surface area contributed by atoms with E-state index in [4.69, 9.17) is 14.2 Å². The molecule has 0 aliphatic heterocycles. The van der Waals surface area contributed by atoms with Crippen molar-refractivity contribution < 1.29 is 27.4 Å². The number of carbonyl (C=O) groups excluding carboxylic acids is 1. The van der Waals surface area contributed by atoms with Crippen molar-refractivity contribution in [1.29, 1.82) is 0 Å². The number of hydrogen-bond acceptors (Lipinski definition) is 6. The number of nitrogens with zero attached hydrogens (tertiary/aromatic N) is 1. The van der Waals surface area contributed by atoms with Crippen LogP contribution in [0.2, 0.25) is 0 Å². The third kappa shape index (κ3) is 8.07. The van der Waals surface area contributed by atoms with Gasteiger partial charge in [0.25, 0.3) is 0 Å². The number of benzene rings is 1. The Labute approximate surface area is 193 Å². The van der Waals surface area contributed by atoms with Gasteiger partial charge in [-0.15, -0.1) is 0 Å². The zero-order valence-corrected chi connectivity index (χ0v) is 21.0. The molecule has 1 aromatic carbocycles. The molecule has 0 N–H and O–H groups in total. The minimum absolute atomic E-state index is 0.133. The predicted octanol–water partition coefficient (Wildman–Crippen LogP) is 4.60. The maximum absolute atomic E-state index is 13.1. The SMILES string of the molecule is C/C=C(\C=C(/C)COCC(=O)c1cc(OC)ccc1OC)S(=O)(=O)N(CCC)CCCC. The molecule has 8 heteroatoms. The lowest BCUT2D eigenvalue weighted by atomic mass is 10.1. The summed E-state index contributed by atoms with van der Waals surface area (Å²) in [6, 6.07) is 4.99. The molecule has 0 fully saturated rings. The second kappa shape index (κ2) is 14.1. The van der Waals surface area contributed by atoms with Crippen molar-refractivity contribution in [3.05, 3.63) is 46.4 Å². The lowest BCUT2D eigenvalue weighted by Gasteiger charge is -2.22. The highest BCUT2D eigenvalue weighted by atomic mass is 32.2. The van der Waals surface area contributed by atoms with Crippen LogP contribution in [0.4, 0.5) is 0 Å². The first kappa shape index (κ1) is 27.9. The van der Waals surface area contributed by atoms with Crippen molar-refractivity contribution in [1.82, 2.24) is 4.31 Å². The largest absolute Gasteiger partial charge is 0.497 e. The molecule has 7 nitrogen and oxygen atoms in total. The smallest absolute Gasteiger partial charge is 0.242 e. The summed E-state index contributed by atoms with van der Waals surface area (Å²) in [4.78, 5) is 12.8. The van der Waals surface area contributed by atoms with Crippen molar-refractivity contribution >= 4 is 15.8 Å². The van der Waals surface area contributed by atoms with E-state index in [9.17, 15) is 13.2 Å². The number of unbranched alkanes of at least 4 members (excludes halogenated alkanes) is 1. The highest BCUT2D eigenvalue weighted by molar-refractivity contribution is 7.93. The summed E-state index contributed by atoms with van der Waals surface area (Å²) in [5.41, 5.74) is 1.08. The van der Waals surface area contributed by atoms with E-state index in [1.165, 1.54) is 18.5 Å². The zero-order chi connectivity index (χ0) is 24.1. The first-order valence-corrected chi connectivity index (χ1v) is 12.4. The van der Waals surface area contributed by atoms with E-state index >= 15 is 0 Å². The molecule has 1 rings (SSSR count). The van der Waals surface area contributed by atoms with Crippen molar-refractivity contribution in [3.63, 3.8) is 0 Å². The molecule has 0 saturated carbocycles. The lowest BCUT2D eigenvalue weighted by Crippen LogP contribution is -2.33. The van der Waals surface area contributed by atoms with Crippen LogP contribution in [0.1, 0.15) is 57.3 Å². The number of ketones is 1. The number of sulfonamides is 1. The molecule has 0 heterocycles. The Kier molecular flexibility index (Phi) is 12.3. The molecule has 1 aromatic rings. The molecule has 0 unspecified atom stereocenters. The topological polar surface area (TPSA) is 82.1 Å². The molecule has 32 heavy (non-hydrogen) atoms. The first-order chi connectivity index (χ1) is 15.2. The number of carbonyl (C=O) groups is 1. The molecule has 0 radical (unpaired) electrons. The average Bonchev–Trinajstić information content (AvgIpc) is 2.79. The van der Waals surface area contributed by atoms with Crippen molar-refractivity contribution in [2.24, 2.45) is 0 Å². The van der Waals surface area contributed by atoms with E-state index in [0.717, 1.165) is 19.3 Å². The fourth-order valence-electron chi connectivity index (χ4n) is 3.09. The van der Waals surface area contributed by atoms with Gasteiger partial charge in [-0.2, -0.15) is 4.31 Å². The summed E-state index contributed by atoms with van der Waals surface area (Å²) in [7, 11) is -0.560. The quantitative estimate of drug-likeness (QED) is 0.277. The van der Waals surface area contributed by atoms with Gasteiger partial charge in [-0.3, -0.25) is 4.79 Å². The second-order valence-corrected chi connectivity index (χ2v) is 9.36. The van der Waals surface area contributed by atoms with Crippen molar-refractivity contribution in [3.8, 4) is 11.5 Å². The van der Waals surface area contributed by atoms with Gasteiger partial charge in [0.15, 0.2) is 5.78 Å². The average molecular weight is 468 g/mol. The number of Topliss-reactive ketones (excluding diaryl/α,β-unsaturated/α-hetero) is 1. The van der Waals surface area contributed by atoms with E-state index in [0.29, 0.717) is 35.7 Å². The van der Waals surface area contributed by atoms with Crippen LogP contribution in [-0.2, 0) is 14.8 Å². The maximum atomic E-state index is 13.1. The number of hydrogen-bond donors (Lipinski definition) is 0. The first-order valence-electron chi connectivity index (χ1n) is 10.9. The Bertz CT molecular complexity index is 905. The highest BCUT2D eigenvalue weighted by Crippen LogP contribution is 2.24. The third-order valence-electron chi connectivity index (χ3n) is 4.81. The Balaban J connectivity index is 2.85. The van der Waals surface area contributed by atoms with Gasteiger partial charge >= 0.3 is 0 Å². The number of rotatable bonds is 15. The van der Waals surface area contributed by atoms with Gasteiger partial charge in [0.2, 0.25) is 10.0 Å². The van der Waals surface area contributed by atoms with Crippen LogP contribution in [0.3, 0.4) is 0 Å². The molecule has 0 bridgehead atoms. The Morgan fingerprint density at radius 1 is 1.06 bits per heavy atom. The number of methoxy groups -OCH3 is 2. The normalized spacial score (nSPS) is 12.8. The fourth-order valence-corrected chi connectivity index (χ4v) is 4.83. The third-order valence-corrected chi connectivity index (χ3v) is 6.81. The van der Waals surface area contributed by atoms with Gasteiger partial charge in [-0.05, 0) is 56.5 Å². The number of ether oxygens (including phenoxy) is 3. The van der Waals surface area contributed by atoms with Gasteiger partial charge in [-0.1, -0.05) is 26.3 Å². The van der Waals surface area contributed by atoms with E-state index < -0.39 is 10.0 Å². The summed E-state index contributed by atoms with van der Waals surface area (Å²) < 4.78 is 43.7. The van der Waals surface area contributed by atoms with Crippen LogP contribution >= 0.6 is 0 Å². The molecule has 180 valence electrons. The molecule has 0 aliphatic carbocycles. The Morgan fingerprint density at radius 2 is 1.78 bits per heavy atom. The van der Waals surface area contributed by atoms with Crippen LogP contribution in [0.25, 0.3) is 0 Å². The summed E-state index contributed by atoms with van der Waals surface area (Å²) >= 11 is 0. The van der Waals surface area contributed by atoms with E-state index in [-0.39, 0.29) is 23.9 Å². The van der Waals surface area contributed by atoms with Crippen LogP contribution in [0, 0.1) is 0 Å². The van der Waals surface area contributed by atoms with Crippen LogP contribution in [0.15, 0.2) is 40.8 Å². The molecule has 0 spiro atoms. The van der Waals surface area contributed by atoms with Crippen molar-refractivity contribution in [2.75, 3.05) is 40.5 Å². The number of allylic oxidation sites excluding steroid dienone is 2. The molecular weight excluding hydrogens is 430 g/mol. The predicted molar refractivity (Wildman–Crippen MR) is 128 cm³/mol. The van der Waals surface area contributed by atoms with Crippen LogP contribution in [-0.4, -0.2) is 59.0 Å². The fraction of sp³-hybridized carbons (Fsp3) is 0.542. The summed E-state index contributed by atoms with van der Waals surface area (Å²) in [5.74, 6) is 0.742. The molecule has 0 aromatic heterocycles. The molecular formula is C24H37NO6S. The standard InChI is InChI=1S/C24H37NO6S/c1-7-10-14-25(13-8-2)32(27,28)21(9-3)15-19(4)17-31-18-23(26)22-16-20(29-5)11-12-24(22)30-6/h9,11-12,15-16H,7-8,10,13-14,17-18H2,1-6H3/b19-15+,21-9+. The summed E-state index contributed by atoms with van der Waals surface area (Å²) in [6.45, 7) is 8.46. The van der Waals surface area contributed by atoms with Gasteiger partial charge in [0.1, 0.15) is 18.1 Å². The van der Waals surface area contributed by atoms with E-state index in [1.54, 1.807) is 44.2 Å². The van der Waals surface area contributed by atoms with Crippen LogP contribution in [0.5, 0.6) is 11.5 Å². The second-order valence-electron chi connectivity index (χ2n) is 7.42. The highest BCUT2D eigenvalue weighted by Gasteiger charge is 2.24. The maximum Gasteiger partial charge on any atom is 0.242 e. The van der Waals surface area contributed by atoms with E-state index in [2.05, 4.69) is 0 Å². The van der Waals surface area contributed by atoms with E-state index in [1.807, 2.05) is 13.8 Å². The van der Waals surface area contributed by atoms with Crippen LogP contribution < -0.4 is 9.47 Å². The molecule has 0 saturated heterocycles. The summed E-state index contributed by atoms with van der Waals surface area (Å²) in [6.07, 6.45) is 5.70. The monoisotopic (exact) mass is 467 g/mol. The van der Waals surface area contributed by atoms with Gasteiger partial charge in [0.05, 0.1) is 31.3 Å². The van der Waals surface area contributed by atoms with Gasteiger partial charge in [-0.25, -0.2) is 8.42 Å². The Hall–Kier alpha value is -2.16. The molecule has 0 amide bonds.